The standard InChI is InChI=1S/C34H28O10/c35-30(22-13-5-1-6-14-22)40-21-26(41-31(36)23-15-7-2-8-16-23)27-28(43-32(37)24-17-9-3-10-18-24)29(34(39)42-27)44-33(38)25-19-11-4-12-20-25/h1-20,26-29,34,39H,21H2/t26-,27?,28-,29+,34?/m0/s1. The largest absolute Gasteiger partial charge is 0.458 e. The van der Waals surface area contributed by atoms with Crippen molar-refractivity contribution in [2.24, 2.45) is 0 Å². The van der Waals surface area contributed by atoms with Gasteiger partial charge in [-0.15, -0.1) is 0 Å². The molecule has 0 saturated carbocycles. The van der Waals surface area contributed by atoms with Crippen LogP contribution in [0.2, 0.25) is 0 Å². The molecular weight excluding hydrogens is 568 g/mol. The molecule has 1 saturated heterocycles. The minimum absolute atomic E-state index is 0.175. The highest BCUT2D eigenvalue weighted by atomic mass is 16.7. The molecule has 224 valence electrons. The second-order valence-electron chi connectivity index (χ2n) is 9.74. The van der Waals surface area contributed by atoms with E-state index in [1.54, 1.807) is 84.9 Å². The van der Waals surface area contributed by atoms with E-state index < -0.39 is 61.2 Å². The summed E-state index contributed by atoms with van der Waals surface area (Å²) in [4.78, 5) is 52.1. The summed E-state index contributed by atoms with van der Waals surface area (Å²) in [6.07, 6.45) is -7.61. The molecule has 0 radical (unpaired) electrons. The molecule has 5 atom stereocenters. The van der Waals surface area contributed by atoms with Gasteiger partial charge in [0.05, 0.1) is 22.3 Å². The molecule has 4 aromatic carbocycles. The number of esters is 4. The third-order valence-electron chi connectivity index (χ3n) is 6.75. The fraction of sp³-hybridized carbons (Fsp3) is 0.176. The molecule has 10 nitrogen and oxygen atoms in total. The summed E-state index contributed by atoms with van der Waals surface area (Å²) in [6.45, 7) is -0.539. The van der Waals surface area contributed by atoms with Crippen LogP contribution in [0.25, 0.3) is 0 Å². The van der Waals surface area contributed by atoms with Crippen LogP contribution in [0.1, 0.15) is 41.4 Å². The van der Waals surface area contributed by atoms with Crippen molar-refractivity contribution in [2.45, 2.75) is 30.7 Å². The zero-order valence-corrected chi connectivity index (χ0v) is 23.3. The molecule has 0 aliphatic carbocycles. The number of aliphatic hydroxyl groups is 1. The van der Waals surface area contributed by atoms with E-state index in [0.717, 1.165) is 0 Å². The maximum absolute atomic E-state index is 13.2. The monoisotopic (exact) mass is 596 g/mol. The highest BCUT2D eigenvalue weighted by molar-refractivity contribution is 5.91. The van der Waals surface area contributed by atoms with E-state index >= 15 is 0 Å². The lowest BCUT2D eigenvalue weighted by atomic mass is 10.0. The molecule has 1 aliphatic heterocycles. The molecule has 1 N–H and O–H groups in total. The van der Waals surface area contributed by atoms with E-state index in [0.29, 0.717) is 0 Å². The van der Waals surface area contributed by atoms with Crippen molar-refractivity contribution in [3.8, 4) is 0 Å². The zero-order chi connectivity index (χ0) is 30.9. The molecule has 1 heterocycles. The Bertz CT molecular complexity index is 1560. The van der Waals surface area contributed by atoms with Gasteiger partial charge in [-0.05, 0) is 48.5 Å². The Morgan fingerprint density at radius 2 is 0.955 bits per heavy atom. The Balaban J connectivity index is 1.45. The number of hydrogen-bond donors (Lipinski definition) is 1. The summed E-state index contributed by atoms with van der Waals surface area (Å²) in [5.41, 5.74) is 0.791. The Kier molecular flexibility index (Phi) is 9.75. The lowest BCUT2D eigenvalue weighted by Gasteiger charge is -2.28. The van der Waals surface area contributed by atoms with E-state index in [9.17, 15) is 24.3 Å². The maximum atomic E-state index is 13.2. The Morgan fingerprint density at radius 3 is 1.41 bits per heavy atom. The van der Waals surface area contributed by atoms with Crippen molar-refractivity contribution in [3.63, 3.8) is 0 Å². The second-order valence-corrected chi connectivity index (χ2v) is 9.74. The molecule has 2 unspecified atom stereocenters. The molecule has 0 amide bonds. The molecule has 0 bridgehead atoms. The smallest absolute Gasteiger partial charge is 0.338 e. The number of benzene rings is 4. The van der Waals surface area contributed by atoms with Gasteiger partial charge < -0.3 is 28.8 Å². The number of ether oxygens (including phenoxy) is 5. The number of hydrogen-bond acceptors (Lipinski definition) is 10. The SMILES string of the molecule is O=C(OC[C@H](OC(=O)c1ccccc1)C1OC(O)[C@H](OC(=O)c2ccccc2)[C@H]1OC(=O)c1ccccc1)c1ccccc1. The Morgan fingerprint density at radius 1 is 0.568 bits per heavy atom. The third kappa shape index (κ3) is 7.35. The zero-order valence-electron chi connectivity index (χ0n) is 23.3. The quantitative estimate of drug-likeness (QED) is 0.209. The average Bonchev–Trinajstić information content (AvgIpc) is 3.37. The molecule has 10 heteroatoms. The molecule has 1 aliphatic rings. The van der Waals surface area contributed by atoms with Gasteiger partial charge in [0.2, 0.25) is 0 Å². The van der Waals surface area contributed by atoms with E-state index in [1.165, 1.54) is 36.4 Å². The molecule has 44 heavy (non-hydrogen) atoms. The first kappa shape index (κ1) is 30.1. The van der Waals surface area contributed by atoms with Gasteiger partial charge in [-0.25, -0.2) is 19.2 Å². The van der Waals surface area contributed by atoms with Crippen molar-refractivity contribution >= 4 is 23.9 Å². The van der Waals surface area contributed by atoms with Gasteiger partial charge in [0, 0.05) is 0 Å². The van der Waals surface area contributed by atoms with Crippen molar-refractivity contribution in [1.82, 2.24) is 0 Å². The minimum Gasteiger partial charge on any atom is -0.458 e. The van der Waals surface area contributed by atoms with E-state index in [-0.39, 0.29) is 22.3 Å². The van der Waals surface area contributed by atoms with E-state index in [1.807, 2.05) is 0 Å². The summed E-state index contributed by atoms with van der Waals surface area (Å²) < 4.78 is 28.3. The normalized spacial score (nSPS) is 19.8. The van der Waals surface area contributed by atoms with Crippen LogP contribution in [0, 0.1) is 0 Å². The fourth-order valence-electron chi connectivity index (χ4n) is 4.55. The molecule has 0 aromatic heterocycles. The van der Waals surface area contributed by atoms with Crippen molar-refractivity contribution in [1.29, 1.82) is 0 Å². The highest BCUT2D eigenvalue weighted by Gasteiger charge is 2.53. The summed E-state index contributed by atoms with van der Waals surface area (Å²) in [5.74, 6) is -3.13. The van der Waals surface area contributed by atoms with Crippen LogP contribution in [-0.4, -0.2) is 66.3 Å². The van der Waals surface area contributed by atoms with Crippen LogP contribution < -0.4 is 0 Å². The van der Waals surface area contributed by atoms with Crippen LogP contribution in [-0.2, 0) is 23.7 Å². The fourth-order valence-corrected chi connectivity index (χ4v) is 4.55. The minimum atomic E-state index is -1.79. The Hall–Kier alpha value is -5.32. The second kappa shape index (κ2) is 14.2. The number of carbonyl (C=O) groups is 4. The van der Waals surface area contributed by atoms with Crippen molar-refractivity contribution < 1.29 is 48.0 Å². The van der Waals surface area contributed by atoms with Gasteiger partial charge in [-0.3, -0.25) is 0 Å². The van der Waals surface area contributed by atoms with Gasteiger partial charge in [0.1, 0.15) is 12.7 Å². The van der Waals surface area contributed by atoms with Crippen LogP contribution in [0.15, 0.2) is 121 Å². The molecule has 5 rings (SSSR count). The lowest BCUT2D eigenvalue weighted by molar-refractivity contribution is -0.153. The molecular formula is C34H28O10. The third-order valence-corrected chi connectivity index (χ3v) is 6.75. The molecule has 0 spiro atoms. The van der Waals surface area contributed by atoms with Crippen LogP contribution in [0.3, 0.4) is 0 Å². The maximum Gasteiger partial charge on any atom is 0.338 e. The molecule has 1 fully saturated rings. The predicted octanol–water partition coefficient (Wildman–Crippen LogP) is 4.24. The van der Waals surface area contributed by atoms with E-state index in [2.05, 4.69) is 0 Å². The van der Waals surface area contributed by atoms with Crippen LogP contribution in [0.5, 0.6) is 0 Å². The van der Waals surface area contributed by atoms with Gasteiger partial charge in [-0.2, -0.15) is 0 Å². The summed E-state index contributed by atoms with van der Waals surface area (Å²) in [5, 5.41) is 10.9. The Labute approximate surface area is 252 Å². The topological polar surface area (TPSA) is 135 Å². The summed E-state index contributed by atoms with van der Waals surface area (Å²) >= 11 is 0. The first-order valence-corrected chi connectivity index (χ1v) is 13.7. The summed E-state index contributed by atoms with van der Waals surface area (Å²) in [7, 11) is 0. The van der Waals surface area contributed by atoms with Gasteiger partial charge in [0.15, 0.2) is 24.6 Å². The number of rotatable bonds is 10. The van der Waals surface area contributed by atoms with Crippen molar-refractivity contribution in [2.75, 3.05) is 6.61 Å². The lowest BCUT2D eigenvalue weighted by Crippen LogP contribution is -2.47. The summed E-state index contributed by atoms with van der Waals surface area (Å²) in [6, 6.07) is 32.2. The highest BCUT2D eigenvalue weighted by Crippen LogP contribution is 2.31. The average molecular weight is 597 g/mol. The molecule has 4 aromatic rings. The van der Waals surface area contributed by atoms with Crippen LogP contribution >= 0.6 is 0 Å². The predicted molar refractivity (Wildman–Crippen MR) is 155 cm³/mol. The van der Waals surface area contributed by atoms with Crippen LogP contribution in [0.4, 0.5) is 0 Å². The van der Waals surface area contributed by atoms with Gasteiger partial charge in [0.25, 0.3) is 0 Å². The van der Waals surface area contributed by atoms with Crippen molar-refractivity contribution in [3.05, 3.63) is 144 Å². The first-order valence-electron chi connectivity index (χ1n) is 13.7. The van der Waals surface area contributed by atoms with E-state index in [4.69, 9.17) is 23.7 Å². The first-order chi connectivity index (χ1) is 21.4. The van der Waals surface area contributed by atoms with Gasteiger partial charge in [-0.1, -0.05) is 72.8 Å². The van der Waals surface area contributed by atoms with Gasteiger partial charge >= 0.3 is 23.9 Å². The number of aliphatic hydroxyl groups excluding tert-OH is 1. The number of carbonyl (C=O) groups excluding carboxylic acids is 4.